The fourth-order valence-electron chi connectivity index (χ4n) is 0.401. The monoisotopic (exact) mass is 130 g/mol. The van der Waals surface area contributed by atoms with Crippen molar-refractivity contribution >= 4 is 5.91 Å². The Balaban J connectivity index is 3.16. The van der Waals surface area contributed by atoms with Crippen molar-refractivity contribution in [2.45, 2.75) is 13.8 Å². The molecule has 9 heavy (non-hydrogen) atoms. The molecule has 0 aliphatic carbocycles. The Kier molecular flexibility index (Phi) is 4.05. The van der Waals surface area contributed by atoms with Crippen molar-refractivity contribution in [1.82, 2.24) is 5.32 Å². The highest BCUT2D eigenvalue weighted by molar-refractivity contribution is 5.72. The van der Waals surface area contributed by atoms with Crippen molar-refractivity contribution in [1.29, 1.82) is 0 Å². The van der Waals surface area contributed by atoms with Crippen LogP contribution in [0, 0.1) is 5.92 Å². The summed E-state index contributed by atoms with van der Waals surface area (Å²) in [5.41, 5.74) is 5.31. The van der Waals surface area contributed by atoms with Crippen LogP contribution in [0.15, 0.2) is 0 Å². The average molecular weight is 130 g/mol. The second-order valence-corrected chi connectivity index (χ2v) is 2.28. The number of nitrogens with two attached hydrogens (primary N) is 1. The molecule has 0 rings (SSSR count). The third kappa shape index (κ3) is 5.30. The zero-order chi connectivity index (χ0) is 7.28. The van der Waals surface area contributed by atoms with Crippen molar-refractivity contribution in [3.05, 3.63) is 0 Å². The maximum Gasteiger partial charge on any atom is 0.216 e. The number of nitrogens with one attached hydrogen (secondary N) is 1. The molecule has 3 N–H and O–H groups in total. The summed E-state index contributed by atoms with van der Waals surface area (Å²) in [5, 5.41) is 2.68. The lowest BCUT2D eigenvalue weighted by Gasteiger charge is -2.06. The van der Waals surface area contributed by atoms with Crippen LogP contribution in [0.1, 0.15) is 13.8 Å². The fraction of sp³-hybridized carbons (Fsp3) is 0.833. The molecule has 0 radical (unpaired) electrons. The Bertz CT molecular complexity index is 93.1. The molecule has 1 unspecified atom stereocenters. The first-order valence-electron chi connectivity index (χ1n) is 3.11. The Labute approximate surface area is 55.6 Å². The largest absolute Gasteiger partial charge is 0.356 e. The number of hydrogen-bond acceptors (Lipinski definition) is 2. The Hall–Kier alpha value is -0.570. The molecule has 0 aliphatic heterocycles. The summed E-state index contributed by atoms with van der Waals surface area (Å²) in [6.07, 6.45) is 0. The standard InChI is InChI=1S/C6H14N2O/c1-5(3-7)4-8-6(2)9/h5H,3-4,7H2,1-2H3,(H,8,9). The van der Waals surface area contributed by atoms with Crippen molar-refractivity contribution in [2.75, 3.05) is 13.1 Å². The minimum absolute atomic E-state index is 0.00954. The summed E-state index contributed by atoms with van der Waals surface area (Å²) < 4.78 is 0. The van der Waals surface area contributed by atoms with Gasteiger partial charge in [-0.1, -0.05) is 6.92 Å². The highest BCUT2D eigenvalue weighted by atomic mass is 16.1. The van der Waals surface area contributed by atoms with Gasteiger partial charge in [0, 0.05) is 13.5 Å². The van der Waals surface area contributed by atoms with E-state index >= 15 is 0 Å². The predicted octanol–water partition coefficient (Wildman–Crippen LogP) is -0.283. The first-order chi connectivity index (χ1) is 4.16. The van der Waals surface area contributed by atoms with Crippen molar-refractivity contribution in [3.8, 4) is 0 Å². The molecule has 0 aromatic heterocycles. The second kappa shape index (κ2) is 4.32. The summed E-state index contributed by atoms with van der Waals surface area (Å²) in [5.74, 6) is 0.393. The molecule has 0 spiro atoms. The molecular weight excluding hydrogens is 116 g/mol. The Morgan fingerprint density at radius 2 is 2.33 bits per heavy atom. The number of rotatable bonds is 3. The Morgan fingerprint density at radius 1 is 1.78 bits per heavy atom. The van der Waals surface area contributed by atoms with Gasteiger partial charge in [0.05, 0.1) is 0 Å². The van der Waals surface area contributed by atoms with E-state index in [1.807, 2.05) is 6.92 Å². The molecule has 3 heteroatoms. The summed E-state index contributed by atoms with van der Waals surface area (Å²) in [4.78, 5) is 10.3. The topological polar surface area (TPSA) is 55.1 Å². The van der Waals surface area contributed by atoms with Crippen LogP contribution in [0.3, 0.4) is 0 Å². The van der Waals surface area contributed by atoms with E-state index in [0.717, 1.165) is 0 Å². The average Bonchev–Trinajstić information content (AvgIpc) is 1.83. The number of amides is 1. The van der Waals surface area contributed by atoms with Gasteiger partial charge in [-0.25, -0.2) is 0 Å². The van der Waals surface area contributed by atoms with Crippen LogP contribution in [-0.4, -0.2) is 19.0 Å². The van der Waals surface area contributed by atoms with Gasteiger partial charge >= 0.3 is 0 Å². The number of carbonyl (C=O) groups excluding carboxylic acids is 1. The first kappa shape index (κ1) is 8.43. The molecule has 0 heterocycles. The van der Waals surface area contributed by atoms with Gasteiger partial charge in [-0.3, -0.25) is 4.79 Å². The lowest BCUT2D eigenvalue weighted by molar-refractivity contribution is -0.119. The molecule has 1 atom stereocenters. The van der Waals surface area contributed by atoms with Gasteiger partial charge in [0.1, 0.15) is 0 Å². The van der Waals surface area contributed by atoms with Crippen LogP contribution >= 0.6 is 0 Å². The van der Waals surface area contributed by atoms with E-state index < -0.39 is 0 Å². The molecule has 3 nitrogen and oxygen atoms in total. The summed E-state index contributed by atoms with van der Waals surface area (Å²) in [7, 11) is 0. The van der Waals surface area contributed by atoms with E-state index in [0.29, 0.717) is 19.0 Å². The van der Waals surface area contributed by atoms with Gasteiger partial charge in [0.15, 0.2) is 0 Å². The van der Waals surface area contributed by atoms with Gasteiger partial charge < -0.3 is 11.1 Å². The molecule has 0 aromatic rings. The predicted molar refractivity (Wildman–Crippen MR) is 36.9 cm³/mol. The van der Waals surface area contributed by atoms with Gasteiger partial charge in [-0.2, -0.15) is 0 Å². The summed E-state index contributed by atoms with van der Waals surface area (Å²) >= 11 is 0. The van der Waals surface area contributed by atoms with Crippen LogP contribution in [-0.2, 0) is 4.79 Å². The van der Waals surface area contributed by atoms with Crippen LogP contribution in [0.25, 0.3) is 0 Å². The zero-order valence-corrected chi connectivity index (χ0v) is 5.98. The van der Waals surface area contributed by atoms with Crippen molar-refractivity contribution < 1.29 is 4.79 Å². The smallest absolute Gasteiger partial charge is 0.216 e. The van der Waals surface area contributed by atoms with Gasteiger partial charge in [-0.05, 0) is 12.5 Å². The molecule has 1 amide bonds. The molecule has 0 fully saturated rings. The summed E-state index contributed by atoms with van der Waals surface area (Å²) in [6, 6.07) is 0. The van der Waals surface area contributed by atoms with Crippen LogP contribution < -0.4 is 11.1 Å². The Morgan fingerprint density at radius 3 is 2.67 bits per heavy atom. The normalized spacial score (nSPS) is 12.8. The maximum atomic E-state index is 10.3. The third-order valence-corrected chi connectivity index (χ3v) is 1.10. The lowest BCUT2D eigenvalue weighted by Crippen LogP contribution is -2.29. The maximum absolute atomic E-state index is 10.3. The second-order valence-electron chi connectivity index (χ2n) is 2.28. The molecule has 0 bridgehead atoms. The summed E-state index contributed by atoms with van der Waals surface area (Å²) in [6.45, 7) is 4.81. The molecule has 0 aliphatic rings. The van der Waals surface area contributed by atoms with Gasteiger partial charge in [0.25, 0.3) is 0 Å². The van der Waals surface area contributed by atoms with Crippen molar-refractivity contribution in [3.63, 3.8) is 0 Å². The number of hydrogen-bond donors (Lipinski definition) is 2. The zero-order valence-electron chi connectivity index (χ0n) is 5.98. The van der Waals surface area contributed by atoms with Crippen LogP contribution in [0.5, 0.6) is 0 Å². The molecular formula is C6H14N2O. The fourth-order valence-corrected chi connectivity index (χ4v) is 0.401. The first-order valence-corrected chi connectivity index (χ1v) is 3.11. The minimum Gasteiger partial charge on any atom is -0.356 e. The molecule has 0 saturated carbocycles. The van der Waals surface area contributed by atoms with E-state index in [9.17, 15) is 4.79 Å². The highest BCUT2D eigenvalue weighted by Gasteiger charge is 1.97. The highest BCUT2D eigenvalue weighted by Crippen LogP contribution is 1.85. The lowest BCUT2D eigenvalue weighted by atomic mass is 10.2. The SMILES string of the molecule is CC(=O)NCC(C)CN. The van der Waals surface area contributed by atoms with E-state index in [1.165, 1.54) is 6.92 Å². The van der Waals surface area contributed by atoms with Crippen molar-refractivity contribution in [2.24, 2.45) is 11.7 Å². The molecule has 54 valence electrons. The van der Waals surface area contributed by atoms with E-state index in [1.54, 1.807) is 0 Å². The van der Waals surface area contributed by atoms with Gasteiger partial charge in [0.2, 0.25) is 5.91 Å². The van der Waals surface area contributed by atoms with Gasteiger partial charge in [-0.15, -0.1) is 0 Å². The van der Waals surface area contributed by atoms with Crippen LogP contribution in [0.2, 0.25) is 0 Å². The minimum atomic E-state index is 0.00954. The third-order valence-electron chi connectivity index (χ3n) is 1.10. The quantitative estimate of drug-likeness (QED) is 0.552. The van der Waals surface area contributed by atoms with E-state index in [-0.39, 0.29) is 5.91 Å². The molecule has 0 aromatic carbocycles. The number of carbonyl (C=O) groups is 1. The van der Waals surface area contributed by atoms with E-state index in [4.69, 9.17) is 5.73 Å². The van der Waals surface area contributed by atoms with Crippen LogP contribution in [0.4, 0.5) is 0 Å². The van der Waals surface area contributed by atoms with E-state index in [2.05, 4.69) is 5.32 Å². The molecule has 0 saturated heterocycles.